The molecule has 0 bridgehead atoms. The lowest BCUT2D eigenvalue weighted by Gasteiger charge is -2.21. The van der Waals surface area contributed by atoms with Gasteiger partial charge in [-0.05, 0) is 48.9 Å². The molecule has 3 rings (SSSR count). The van der Waals surface area contributed by atoms with Crippen molar-refractivity contribution in [3.05, 3.63) is 64.2 Å². The van der Waals surface area contributed by atoms with Gasteiger partial charge in [0.05, 0.1) is 11.4 Å². The minimum absolute atomic E-state index is 0.270. The fourth-order valence-corrected chi connectivity index (χ4v) is 3.71. The topological polar surface area (TPSA) is 112 Å². The molecule has 0 aliphatic carbocycles. The first-order chi connectivity index (χ1) is 14.7. The number of carbonyl (C=O) groups excluding carboxylic acids is 1. The van der Waals surface area contributed by atoms with E-state index in [1.807, 2.05) is 45.2 Å². The second-order valence-corrected chi connectivity index (χ2v) is 8.32. The molecule has 5 N–H and O–H groups in total. The number of hydrogen-bond donors (Lipinski definition) is 3. The first-order valence-electron chi connectivity index (χ1n) is 10.6. The van der Waals surface area contributed by atoms with Gasteiger partial charge in [-0.2, -0.15) is 5.10 Å². The Morgan fingerprint density at radius 3 is 2.32 bits per heavy atom. The van der Waals surface area contributed by atoms with Crippen LogP contribution < -0.4 is 16.8 Å². The van der Waals surface area contributed by atoms with E-state index < -0.39 is 0 Å². The molecule has 31 heavy (non-hydrogen) atoms. The number of nitrogens with zero attached hydrogens (tertiary/aromatic N) is 3. The summed E-state index contributed by atoms with van der Waals surface area (Å²) in [6.45, 7) is 8.95. The van der Waals surface area contributed by atoms with Crippen LogP contribution in [0.1, 0.15) is 52.5 Å². The largest absolute Gasteiger partial charge is 0.326 e. The van der Waals surface area contributed by atoms with E-state index >= 15 is 0 Å². The van der Waals surface area contributed by atoms with Crippen LogP contribution in [0.15, 0.2) is 30.3 Å². The third-order valence-corrected chi connectivity index (χ3v) is 5.43. The molecule has 0 saturated carbocycles. The van der Waals surface area contributed by atoms with Crippen LogP contribution in [0, 0.1) is 19.8 Å². The molecule has 0 aliphatic rings. The highest BCUT2D eigenvalue weighted by Crippen LogP contribution is 2.36. The van der Waals surface area contributed by atoms with Gasteiger partial charge in [-0.3, -0.25) is 14.5 Å². The first kappa shape index (κ1) is 22.7. The molecule has 164 valence electrons. The van der Waals surface area contributed by atoms with E-state index in [9.17, 15) is 4.79 Å². The van der Waals surface area contributed by atoms with Crippen molar-refractivity contribution in [2.24, 2.45) is 24.4 Å². The Balaban J connectivity index is 2.17. The van der Waals surface area contributed by atoms with Gasteiger partial charge in [0.25, 0.3) is 5.91 Å². The normalized spacial score (nSPS) is 11.2. The maximum atomic E-state index is 13.0. The van der Waals surface area contributed by atoms with Gasteiger partial charge in [0.15, 0.2) is 5.69 Å². The fraction of sp³-hybridized carbons (Fsp3) is 0.375. The van der Waals surface area contributed by atoms with Crippen LogP contribution in [0.2, 0.25) is 0 Å². The molecule has 2 heterocycles. The van der Waals surface area contributed by atoms with E-state index in [4.69, 9.17) is 16.5 Å². The number of rotatable bonds is 7. The van der Waals surface area contributed by atoms with Crippen molar-refractivity contribution in [2.45, 2.75) is 47.2 Å². The van der Waals surface area contributed by atoms with Gasteiger partial charge in [-0.15, -0.1) is 0 Å². The molecule has 0 spiro atoms. The minimum Gasteiger partial charge on any atom is -0.326 e. The van der Waals surface area contributed by atoms with Crippen molar-refractivity contribution in [1.29, 1.82) is 0 Å². The van der Waals surface area contributed by atoms with E-state index in [0.717, 1.165) is 45.8 Å². The number of nitrogens with one attached hydrogen (secondary N) is 1. The summed E-state index contributed by atoms with van der Waals surface area (Å²) in [6, 6.07) is 9.82. The minimum atomic E-state index is -0.270. The average Bonchev–Trinajstić information content (AvgIpc) is 3.07. The zero-order valence-electron chi connectivity index (χ0n) is 19.0. The number of aromatic nitrogens is 3. The predicted octanol–water partition coefficient (Wildman–Crippen LogP) is 3.47. The second-order valence-electron chi connectivity index (χ2n) is 8.32. The predicted molar refractivity (Wildman–Crippen MR) is 125 cm³/mol. The van der Waals surface area contributed by atoms with Crippen molar-refractivity contribution < 1.29 is 4.79 Å². The van der Waals surface area contributed by atoms with Crippen molar-refractivity contribution in [1.82, 2.24) is 14.8 Å². The third-order valence-electron chi connectivity index (χ3n) is 5.43. The molecule has 7 nitrogen and oxygen atoms in total. The lowest BCUT2D eigenvalue weighted by atomic mass is 9.92. The average molecular weight is 421 g/mol. The Kier molecular flexibility index (Phi) is 6.87. The number of benzene rings is 1. The van der Waals surface area contributed by atoms with Gasteiger partial charge >= 0.3 is 0 Å². The number of pyridine rings is 1. The van der Waals surface area contributed by atoms with Crippen LogP contribution in [0.25, 0.3) is 11.1 Å². The number of nitrogens with two attached hydrogens (primary N) is 2. The Hall–Kier alpha value is -3.03. The summed E-state index contributed by atoms with van der Waals surface area (Å²) in [5, 5.41) is 7.37. The molecule has 0 atom stereocenters. The van der Waals surface area contributed by atoms with Crippen LogP contribution in [-0.2, 0) is 26.6 Å². The molecular formula is C24H32N6O. The molecule has 0 unspecified atom stereocenters. The van der Waals surface area contributed by atoms with Crippen molar-refractivity contribution in [3.8, 4) is 11.1 Å². The third kappa shape index (κ3) is 4.84. The zero-order valence-corrected chi connectivity index (χ0v) is 19.0. The summed E-state index contributed by atoms with van der Waals surface area (Å²) in [5.74, 6) is 0.162. The van der Waals surface area contributed by atoms with Gasteiger partial charge in [-0.1, -0.05) is 38.1 Å². The highest BCUT2D eigenvalue weighted by molar-refractivity contribution is 6.06. The molecular weight excluding hydrogens is 388 g/mol. The summed E-state index contributed by atoms with van der Waals surface area (Å²) < 4.78 is 1.68. The molecule has 1 amide bonds. The van der Waals surface area contributed by atoms with Crippen molar-refractivity contribution in [3.63, 3.8) is 0 Å². The van der Waals surface area contributed by atoms with Gasteiger partial charge in [0, 0.05) is 37.1 Å². The summed E-state index contributed by atoms with van der Waals surface area (Å²) in [6.07, 6.45) is 0.814. The first-order valence-corrected chi connectivity index (χ1v) is 10.6. The van der Waals surface area contributed by atoms with Crippen LogP contribution in [0.3, 0.4) is 0 Å². The van der Waals surface area contributed by atoms with Crippen molar-refractivity contribution in [2.75, 3.05) is 5.32 Å². The molecule has 7 heteroatoms. The zero-order chi connectivity index (χ0) is 22.7. The van der Waals surface area contributed by atoms with E-state index in [1.54, 1.807) is 10.7 Å². The smallest absolute Gasteiger partial charge is 0.276 e. The maximum absolute atomic E-state index is 13.0. The Bertz CT molecular complexity index is 1060. The molecule has 0 radical (unpaired) electrons. The van der Waals surface area contributed by atoms with Crippen LogP contribution in [-0.4, -0.2) is 20.7 Å². The Labute approximate surface area is 183 Å². The lowest BCUT2D eigenvalue weighted by Crippen LogP contribution is -2.18. The SMILES string of the molecule is Cc1nc(CC(C)C)c(CN)c(-c2ccc(CN)cc2)c1NC(=O)c1cc(C)n(C)n1. The van der Waals surface area contributed by atoms with Crippen LogP contribution in [0.5, 0.6) is 0 Å². The summed E-state index contributed by atoms with van der Waals surface area (Å²) >= 11 is 0. The number of carbonyl (C=O) groups is 1. The second kappa shape index (κ2) is 9.41. The van der Waals surface area contributed by atoms with E-state index in [0.29, 0.717) is 30.4 Å². The molecule has 2 aromatic heterocycles. The fourth-order valence-electron chi connectivity index (χ4n) is 3.71. The van der Waals surface area contributed by atoms with Crippen molar-refractivity contribution >= 4 is 11.6 Å². The summed E-state index contributed by atoms with van der Waals surface area (Å²) in [5.41, 5.74) is 19.5. The van der Waals surface area contributed by atoms with Gasteiger partial charge in [-0.25, -0.2) is 0 Å². The lowest BCUT2D eigenvalue weighted by molar-refractivity contribution is 0.102. The number of anilines is 1. The van der Waals surface area contributed by atoms with E-state index in [-0.39, 0.29) is 5.91 Å². The highest BCUT2D eigenvalue weighted by atomic mass is 16.2. The Morgan fingerprint density at radius 1 is 1.13 bits per heavy atom. The van der Waals surface area contributed by atoms with Gasteiger partial charge in [0.1, 0.15) is 0 Å². The molecule has 0 aliphatic heterocycles. The van der Waals surface area contributed by atoms with Crippen LogP contribution in [0.4, 0.5) is 5.69 Å². The monoisotopic (exact) mass is 420 g/mol. The quantitative estimate of drug-likeness (QED) is 0.542. The number of hydrogen-bond acceptors (Lipinski definition) is 5. The molecule has 3 aromatic rings. The number of amides is 1. The molecule has 0 saturated heterocycles. The number of aryl methyl sites for hydroxylation is 3. The maximum Gasteiger partial charge on any atom is 0.276 e. The van der Waals surface area contributed by atoms with Gasteiger partial charge in [0.2, 0.25) is 0 Å². The summed E-state index contributed by atoms with van der Waals surface area (Å²) in [7, 11) is 1.82. The molecule has 1 aromatic carbocycles. The van der Waals surface area contributed by atoms with Gasteiger partial charge < -0.3 is 16.8 Å². The molecule has 0 fully saturated rings. The van der Waals surface area contributed by atoms with E-state index in [2.05, 4.69) is 24.3 Å². The van der Waals surface area contributed by atoms with E-state index in [1.165, 1.54) is 0 Å². The van der Waals surface area contributed by atoms with Crippen LogP contribution >= 0.6 is 0 Å². The summed E-state index contributed by atoms with van der Waals surface area (Å²) in [4.78, 5) is 17.8. The highest BCUT2D eigenvalue weighted by Gasteiger charge is 2.22. The Morgan fingerprint density at radius 2 is 1.81 bits per heavy atom. The standard InChI is InChI=1S/C24H32N6O/c1-14(2)10-20-19(13-26)22(18-8-6-17(12-25)7-9-18)23(16(4)27-20)28-24(31)21-11-15(3)30(5)29-21/h6-9,11,14H,10,12-13,25-26H2,1-5H3,(H,28,31).